The van der Waals surface area contributed by atoms with Crippen LogP contribution in [0.4, 0.5) is 0 Å². The molecule has 0 aliphatic heterocycles. The van der Waals surface area contributed by atoms with E-state index in [1.54, 1.807) is 6.20 Å². The largest absolute Gasteiger partial charge is 0.389 e. The van der Waals surface area contributed by atoms with Gasteiger partial charge in [-0.15, -0.1) is 0 Å². The van der Waals surface area contributed by atoms with Crippen LogP contribution >= 0.6 is 0 Å². The highest BCUT2D eigenvalue weighted by Gasteiger charge is 2.23. The third-order valence-corrected chi connectivity index (χ3v) is 4.27. The molecule has 3 rings (SSSR count). The molecule has 3 aromatic rings. The molecule has 0 amide bonds. The van der Waals surface area contributed by atoms with Crippen LogP contribution in [-0.2, 0) is 13.0 Å². The minimum atomic E-state index is -0.834. The summed E-state index contributed by atoms with van der Waals surface area (Å²) in [5, 5.41) is 21.5. The minimum absolute atomic E-state index is 0.477. The number of aliphatic hydroxyl groups is 1. The van der Waals surface area contributed by atoms with Crippen LogP contribution in [-0.4, -0.2) is 25.5 Å². The summed E-state index contributed by atoms with van der Waals surface area (Å²) in [6.07, 6.45) is 5.92. The fourth-order valence-corrected chi connectivity index (χ4v) is 3.23. The van der Waals surface area contributed by atoms with Gasteiger partial charge in [0.1, 0.15) is 5.82 Å². The summed E-state index contributed by atoms with van der Waals surface area (Å²) in [5.74, 6) is 0.969. The van der Waals surface area contributed by atoms with Gasteiger partial charge in [0.05, 0.1) is 23.0 Å². The minimum Gasteiger partial charge on any atom is -0.389 e. The number of fused-ring (bicyclic) bond motifs is 3. The third-order valence-electron chi connectivity index (χ3n) is 4.27. The molecule has 0 aliphatic rings. The average Bonchev–Trinajstić information content (AvgIpc) is 2.84. The molecule has 1 aromatic carbocycles. The van der Waals surface area contributed by atoms with Gasteiger partial charge in [-0.1, -0.05) is 31.9 Å². The van der Waals surface area contributed by atoms with Crippen molar-refractivity contribution in [2.75, 3.05) is 0 Å². The van der Waals surface area contributed by atoms with Crippen molar-refractivity contribution < 1.29 is 15.0 Å². The first-order chi connectivity index (χ1) is 11.4. The summed E-state index contributed by atoms with van der Waals surface area (Å²) >= 11 is 0. The molecule has 24 heavy (non-hydrogen) atoms. The molecule has 0 unspecified atom stereocenters. The number of para-hydroxylation sites is 1. The van der Waals surface area contributed by atoms with E-state index in [0.29, 0.717) is 6.54 Å². The van der Waals surface area contributed by atoms with Crippen molar-refractivity contribution in [3.63, 3.8) is 0 Å². The second-order valence-corrected chi connectivity index (χ2v) is 7.11. The maximum Gasteiger partial charge on any atom is 0.266 e. The van der Waals surface area contributed by atoms with Gasteiger partial charge in [-0.2, -0.15) is 0 Å². The number of benzene rings is 1. The number of imidazole rings is 1. The van der Waals surface area contributed by atoms with Gasteiger partial charge in [0, 0.05) is 17.2 Å². The number of hydrogen-bond donors (Lipinski definition) is 2. The quantitative estimate of drug-likeness (QED) is 0.415. The van der Waals surface area contributed by atoms with Crippen molar-refractivity contribution in [2.45, 2.75) is 58.6 Å². The topological polar surface area (TPSA) is 62.2 Å². The molecule has 2 N–H and O–H groups in total. The second-order valence-electron chi connectivity index (χ2n) is 7.11. The molecule has 0 saturated heterocycles. The molecular formula is C19H26N3O2+. The summed E-state index contributed by atoms with van der Waals surface area (Å²) < 4.78 is 3.25. The van der Waals surface area contributed by atoms with Crippen molar-refractivity contribution in [3.05, 3.63) is 36.3 Å². The van der Waals surface area contributed by atoms with Crippen molar-refractivity contribution in [3.8, 4) is 0 Å². The van der Waals surface area contributed by atoms with Crippen molar-refractivity contribution in [1.29, 1.82) is 0 Å². The number of aryl methyl sites for hydroxylation is 1. The summed E-state index contributed by atoms with van der Waals surface area (Å²) in [6.45, 7) is 6.28. The zero-order valence-corrected chi connectivity index (χ0v) is 14.7. The van der Waals surface area contributed by atoms with Gasteiger partial charge in [-0.3, -0.25) is 5.21 Å². The highest BCUT2D eigenvalue weighted by Crippen LogP contribution is 2.26. The Bertz CT molecular complexity index is 862. The fraction of sp³-hybridized carbons (Fsp3) is 0.474. The Hall–Kier alpha value is -2.14. The predicted octanol–water partition coefficient (Wildman–Crippen LogP) is 3.22. The first-order valence-corrected chi connectivity index (χ1v) is 8.65. The zero-order chi connectivity index (χ0) is 17.3. The average molecular weight is 328 g/mol. The Morgan fingerprint density at radius 2 is 1.96 bits per heavy atom. The van der Waals surface area contributed by atoms with Crippen LogP contribution in [0, 0.1) is 0 Å². The van der Waals surface area contributed by atoms with Crippen LogP contribution < -0.4 is 4.73 Å². The zero-order valence-electron chi connectivity index (χ0n) is 14.7. The van der Waals surface area contributed by atoms with E-state index in [1.807, 2.05) is 38.1 Å². The maximum atomic E-state index is 10.4. The van der Waals surface area contributed by atoms with Gasteiger partial charge in [0.15, 0.2) is 5.52 Å². The Balaban J connectivity index is 2.23. The summed E-state index contributed by atoms with van der Waals surface area (Å²) in [5.41, 5.74) is 1.64. The van der Waals surface area contributed by atoms with Crippen LogP contribution in [0.1, 0.15) is 45.9 Å². The molecule has 5 heteroatoms. The third kappa shape index (κ3) is 3.22. The molecular weight excluding hydrogens is 302 g/mol. The maximum absolute atomic E-state index is 10.4. The molecule has 0 spiro atoms. The molecule has 0 radical (unpaired) electrons. The normalized spacial score (nSPS) is 12.3. The fourth-order valence-electron chi connectivity index (χ4n) is 3.23. The second kappa shape index (κ2) is 6.40. The van der Waals surface area contributed by atoms with Crippen LogP contribution in [0.25, 0.3) is 21.9 Å². The highest BCUT2D eigenvalue weighted by atomic mass is 16.5. The molecule has 0 aliphatic carbocycles. The van der Waals surface area contributed by atoms with E-state index in [2.05, 4.69) is 11.5 Å². The van der Waals surface area contributed by atoms with E-state index >= 15 is 0 Å². The van der Waals surface area contributed by atoms with E-state index in [4.69, 9.17) is 4.98 Å². The molecule has 0 fully saturated rings. The van der Waals surface area contributed by atoms with E-state index in [-0.39, 0.29) is 0 Å². The summed E-state index contributed by atoms with van der Waals surface area (Å²) in [6, 6.07) is 7.73. The van der Waals surface area contributed by atoms with Gasteiger partial charge < -0.3 is 9.67 Å². The van der Waals surface area contributed by atoms with Gasteiger partial charge in [0.2, 0.25) is 0 Å². The summed E-state index contributed by atoms with van der Waals surface area (Å²) in [4.78, 5) is 4.75. The lowest BCUT2D eigenvalue weighted by molar-refractivity contribution is -0.883. The number of rotatable bonds is 6. The number of aromatic nitrogens is 3. The van der Waals surface area contributed by atoms with E-state index in [0.717, 1.165) is 58.2 Å². The molecule has 0 saturated carbocycles. The smallest absolute Gasteiger partial charge is 0.266 e. The van der Waals surface area contributed by atoms with E-state index in [1.165, 1.54) is 0 Å². The molecule has 0 atom stereocenters. The SMILES string of the molecule is CCCCCc1nc2c[n+](O)c3ccccc3c2n1CC(C)(C)O. The molecule has 128 valence electrons. The first-order valence-electron chi connectivity index (χ1n) is 8.65. The van der Waals surface area contributed by atoms with Gasteiger partial charge >= 0.3 is 0 Å². The monoisotopic (exact) mass is 328 g/mol. The van der Waals surface area contributed by atoms with Gasteiger partial charge in [-0.05, 0) is 26.3 Å². The van der Waals surface area contributed by atoms with Gasteiger partial charge in [-0.25, -0.2) is 4.98 Å². The molecule has 0 bridgehead atoms. The number of nitrogens with zero attached hydrogens (tertiary/aromatic N) is 3. The first kappa shape index (κ1) is 16.7. The molecule has 2 aromatic heterocycles. The molecule has 5 nitrogen and oxygen atoms in total. The Morgan fingerprint density at radius 3 is 2.67 bits per heavy atom. The Morgan fingerprint density at radius 1 is 1.21 bits per heavy atom. The number of unbranched alkanes of at least 4 members (excludes halogenated alkanes) is 2. The predicted molar refractivity (Wildman–Crippen MR) is 94.1 cm³/mol. The van der Waals surface area contributed by atoms with Crippen LogP contribution in [0.15, 0.2) is 30.5 Å². The van der Waals surface area contributed by atoms with E-state index in [9.17, 15) is 10.3 Å². The standard InChI is InChI=1S/C19H26N3O2/c1-4-5-6-11-17-20-15-12-22(24)16-10-8-7-9-14(16)18(15)21(17)13-19(2,3)23/h7-10,12,23-24H,4-6,11,13H2,1-3H3/q+1. The van der Waals surface area contributed by atoms with Crippen molar-refractivity contribution in [1.82, 2.24) is 9.55 Å². The van der Waals surface area contributed by atoms with Crippen molar-refractivity contribution >= 4 is 21.9 Å². The van der Waals surface area contributed by atoms with Crippen LogP contribution in [0.5, 0.6) is 0 Å². The van der Waals surface area contributed by atoms with Crippen molar-refractivity contribution in [2.24, 2.45) is 0 Å². The highest BCUT2D eigenvalue weighted by molar-refractivity contribution is 6.00. The lowest BCUT2D eigenvalue weighted by atomic mass is 10.1. The van der Waals surface area contributed by atoms with Gasteiger partial charge in [0.25, 0.3) is 11.7 Å². The Labute approximate surface area is 142 Å². The number of hydrogen-bond acceptors (Lipinski definition) is 3. The lowest BCUT2D eigenvalue weighted by Gasteiger charge is -2.20. The van der Waals surface area contributed by atoms with E-state index < -0.39 is 5.60 Å². The van der Waals surface area contributed by atoms with Crippen LogP contribution in [0.2, 0.25) is 0 Å². The Kier molecular flexibility index (Phi) is 4.45. The molecule has 2 heterocycles. The number of pyridine rings is 1. The lowest BCUT2D eigenvalue weighted by Crippen LogP contribution is -2.31. The summed E-state index contributed by atoms with van der Waals surface area (Å²) in [7, 11) is 0. The van der Waals surface area contributed by atoms with Crippen LogP contribution in [0.3, 0.4) is 0 Å².